The Morgan fingerprint density at radius 3 is 2.90 bits per heavy atom. The molecule has 1 aromatic carbocycles. The fourth-order valence-corrected chi connectivity index (χ4v) is 3.96. The zero-order valence-electron chi connectivity index (χ0n) is 16.5. The van der Waals surface area contributed by atoms with Gasteiger partial charge in [0, 0.05) is 44.1 Å². The number of hydrogen-bond acceptors (Lipinski definition) is 7. The zero-order chi connectivity index (χ0) is 19.8. The molecule has 1 fully saturated rings. The molecular formula is C21H25N7O. The Bertz CT molecular complexity index is 1010. The number of aromatic nitrogens is 4. The van der Waals surface area contributed by atoms with Gasteiger partial charge < -0.3 is 15.8 Å². The molecule has 2 aliphatic rings. The number of anilines is 2. The molecule has 150 valence electrons. The van der Waals surface area contributed by atoms with Crippen LogP contribution in [0.2, 0.25) is 0 Å². The Balaban J connectivity index is 1.43. The van der Waals surface area contributed by atoms with E-state index in [4.69, 9.17) is 15.5 Å². The molecule has 8 heteroatoms. The number of hydrogen-bond donors (Lipinski definition) is 2. The number of nitrogens with one attached hydrogen (secondary N) is 1. The van der Waals surface area contributed by atoms with Crippen molar-refractivity contribution in [1.29, 1.82) is 0 Å². The minimum absolute atomic E-state index is 0.0678. The van der Waals surface area contributed by atoms with E-state index in [0.717, 1.165) is 49.7 Å². The van der Waals surface area contributed by atoms with E-state index < -0.39 is 0 Å². The first-order chi connectivity index (χ1) is 14.2. The second-order valence-electron chi connectivity index (χ2n) is 7.76. The minimum Gasteiger partial charge on any atom is -0.378 e. The summed E-state index contributed by atoms with van der Waals surface area (Å²) < 4.78 is 7.13. The predicted molar refractivity (Wildman–Crippen MR) is 111 cm³/mol. The number of nitrogens with two attached hydrogens (primary N) is 1. The van der Waals surface area contributed by atoms with E-state index >= 15 is 0 Å². The molecule has 3 aromatic rings. The maximum absolute atomic E-state index is 6.47. The summed E-state index contributed by atoms with van der Waals surface area (Å²) in [4.78, 5) is 11.5. The monoisotopic (exact) mass is 391 g/mol. The molecule has 0 radical (unpaired) electrons. The molecule has 0 amide bonds. The number of rotatable bonds is 4. The van der Waals surface area contributed by atoms with Crippen molar-refractivity contribution in [3.63, 3.8) is 0 Å². The van der Waals surface area contributed by atoms with Crippen molar-refractivity contribution in [3.05, 3.63) is 54.0 Å². The third-order valence-electron chi connectivity index (χ3n) is 5.69. The van der Waals surface area contributed by atoms with E-state index in [-0.39, 0.29) is 6.04 Å². The van der Waals surface area contributed by atoms with Crippen molar-refractivity contribution < 1.29 is 4.74 Å². The van der Waals surface area contributed by atoms with Crippen LogP contribution in [-0.4, -0.2) is 50.4 Å². The second kappa shape index (κ2) is 7.55. The summed E-state index contributed by atoms with van der Waals surface area (Å²) in [5.41, 5.74) is 11.8. The maximum atomic E-state index is 6.47. The van der Waals surface area contributed by atoms with E-state index in [2.05, 4.69) is 38.5 Å². The minimum atomic E-state index is 0.0678. The van der Waals surface area contributed by atoms with E-state index in [9.17, 15) is 0 Å². The zero-order valence-corrected chi connectivity index (χ0v) is 16.5. The molecule has 3 N–H and O–H groups in total. The Morgan fingerprint density at radius 1 is 1.24 bits per heavy atom. The van der Waals surface area contributed by atoms with E-state index in [1.165, 1.54) is 11.1 Å². The van der Waals surface area contributed by atoms with Crippen molar-refractivity contribution >= 4 is 11.6 Å². The van der Waals surface area contributed by atoms with Gasteiger partial charge in [-0.2, -0.15) is 5.10 Å². The highest BCUT2D eigenvalue weighted by molar-refractivity contribution is 5.63. The summed E-state index contributed by atoms with van der Waals surface area (Å²) in [7, 11) is 1.88. The van der Waals surface area contributed by atoms with E-state index in [1.54, 1.807) is 17.1 Å². The molecule has 0 saturated carbocycles. The molecule has 1 unspecified atom stereocenters. The van der Waals surface area contributed by atoms with Crippen LogP contribution in [-0.2, 0) is 18.3 Å². The van der Waals surface area contributed by atoms with Gasteiger partial charge in [-0.1, -0.05) is 12.1 Å². The average Bonchev–Trinajstić information content (AvgIpc) is 3.01. The first-order valence-electron chi connectivity index (χ1n) is 9.95. The largest absolute Gasteiger partial charge is 0.378 e. The van der Waals surface area contributed by atoms with Gasteiger partial charge in [-0.25, -0.2) is 9.97 Å². The Kier molecular flexibility index (Phi) is 4.75. The van der Waals surface area contributed by atoms with Crippen LogP contribution in [0, 0.1) is 0 Å². The third-order valence-corrected chi connectivity index (χ3v) is 5.69. The molecule has 5 rings (SSSR count). The molecule has 4 heterocycles. The predicted octanol–water partition coefficient (Wildman–Crippen LogP) is 2.22. The highest BCUT2D eigenvalue weighted by Crippen LogP contribution is 2.31. The molecular weight excluding hydrogens is 366 g/mol. The fraction of sp³-hybridized carbons (Fsp3) is 0.381. The number of ether oxygens (including phenoxy) is 1. The molecule has 1 atom stereocenters. The summed E-state index contributed by atoms with van der Waals surface area (Å²) in [5, 5.41) is 7.37. The van der Waals surface area contributed by atoms with Gasteiger partial charge in [-0.3, -0.25) is 9.58 Å². The molecule has 29 heavy (non-hydrogen) atoms. The summed E-state index contributed by atoms with van der Waals surface area (Å²) >= 11 is 0. The number of aryl methyl sites for hydroxylation is 1. The molecule has 8 nitrogen and oxygen atoms in total. The number of fused-ring (bicyclic) bond motifs is 1. The average molecular weight is 391 g/mol. The van der Waals surface area contributed by atoms with Crippen molar-refractivity contribution in [3.8, 4) is 11.3 Å². The smallest absolute Gasteiger partial charge is 0.227 e. The van der Waals surface area contributed by atoms with Gasteiger partial charge in [0.05, 0.1) is 36.8 Å². The summed E-state index contributed by atoms with van der Waals surface area (Å²) in [6, 6.07) is 9.00. The lowest BCUT2D eigenvalue weighted by Gasteiger charge is -2.36. The summed E-state index contributed by atoms with van der Waals surface area (Å²) in [6.07, 6.45) is 6.38. The number of benzene rings is 1. The van der Waals surface area contributed by atoms with Gasteiger partial charge in [-0.05, 0) is 29.7 Å². The van der Waals surface area contributed by atoms with Crippen molar-refractivity contribution in [2.75, 3.05) is 25.1 Å². The lowest BCUT2D eigenvalue weighted by molar-refractivity contribution is -0.0677. The highest BCUT2D eigenvalue weighted by Gasteiger charge is 2.29. The molecule has 2 aliphatic heterocycles. The Hall–Kier alpha value is -2.81. The molecule has 0 bridgehead atoms. The molecule has 0 aliphatic carbocycles. The lowest BCUT2D eigenvalue weighted by Crippen LogP contribution is -2.48. The van der Waals surface area contributed by atoms with Gasteiger partial charge in [-0.15, -0.1) is 0 Å². The van der Waals surface area contributed by atoms with Crippen LogP contribution in [0.15, 0.2) is 42.9 Å². The van der Waals surface area contributed by atoms with E-state index in [0.29, 0.717) is 12.0 Å². The molecule has 2 aromatic heterocycles. The van der Waals surface area contributed by atoms with Gasteiger partial charge in [0.1, 0.15) is 0 Å². The van der Waals surface area contributed by atoms with Crippen molar-refractivity contribution in [1.82, 2.24) is 24.6 Å². The van der Waals surface area contributed by atoms with Crippen LogP contribution >= 0.6 is 0 Å². The SMILES string of the molecule is Cn1cc(Nc2nccc(-c3ccc4c(c3)CN(C3COC3)CCC4N)n2)cn1. The topological polar surface area (TPSA) is 94.1 Å². The first-order valence-corrected chi connectivity index (χ1v) is 9.95. The third kappa shape index (κ3) is 3.74. The Morgan fingerprint density at radius 2 is 2.14 bits per heavy atom. The van der Waals surface area contributed by atoms with Crippen LogP contribution in [0.5, 0.6) is 0 Å². The first kappa shape index (κ1) is 18.2. The standard InChI is InChI=1S/C21H25N7O/c1-27-11-16(9-24-27)25-21-23-6-4-20(26-21)14-2-3-18-15(8-14)10-28(7-5-19(18)22)17-12-29-13-17/h2-4,6,8-9,11,17,19H,5,7,10,12-13,22H2,1H3,(H,23,25,26). The maximum Gasteiger partial charge on any atom is 0.227 e. The lowest BCUT2D eigenvalue weighted by atomic mass is 9.97. The quantitative estimate of drug-likeness (QED) is 0.704. The summed E-state index contributed by atoms with van der Waals surface area (Å²) in [6.45, 7) is 3.54. The van der Waals surface area contributed by atoms with Crippen LogP contribution in [0.3, 0.4) is 0 Å². The fourth-order valence-electron chi connectivity index (χ4n) is 3.96. The summed E-state index contributed by atoms with van der Waals surface area (Å²) in [5.74, 6) is 0.551. The molecule has 1 saturated heterocycles. The second-order valence-corrected chi connectivity index (χ2v) is 7.76. The van der Waals surface area contributed by atoms with Gasteiger partial charge >= 0.3 is 0 Å². The normalized spacial score (nSPS) is 20.0. The van der Waals surface area contributed by atoms with Crippen LogP contribution in [0.1, 0.15) is 23.6 Å². The molecule has 0 spiro atoms. The van der Waals surface area contributed by atoms with Crippen LogP contribution < -0.4 is 11.1 Å². The van der Waals surface area contributed by atoms with Crippen LogP contribution in [0.4, 0.5) is 11.6 Å². The highest BCUT2D eigenvalue weighted by atomic mass is 16.5. The van der Waals surface area contributed by atoms with Crippen molar-refractivity contribution in [2.45, 2.75) is 25.0 Å². The van der Waals surface area contributed by atoms with Gasteiger partial charge in [0.2, 0.25) is 5.95 Å². The van der Waals surface area contributed by atoms with Crippen LogP contribution in [0.25, 0.3) is 11.3 Å². The number of nitrogens with zero attached hydrogens (tertiary/aromatic N) is 5. The van der Waals surface area contributed by atoms with Gasteiger partial charge in [0.15, 0.2) is 0 Å². The van der Waals surface area contributed by atoms with Crippen molar-refractivity contribution in [2.24, 2.45) is 12.8 Å². The van der Waals surface area contributed by atoms with E-state index in [1.807, 2.05) is 19.3 Å². The Labute approximate surface area is 169 Å². The van der Waals surface area contributed by atoms with Gasteiger partial charge in [0.25, 0.3) is 0 Å².